The van der Waals surface area contributed by atoms with Crippen LogP contribution in [-0.4, -0.2) is 11.6 Å². The molecule has 2 aromatic rings. The van der Waals surface area contributed by atoms with Gasteiger partial charge >= 0.3 is 0 Å². The van der Waals surface area contributed by atoms with Crippen molar-refractivity contribution >= 4 is 28.4 Å². The van der Waals surface area contributed by atoms with Crippen LogP contribution in [0.2, 0.25) is 0 Å². The summed E-state index contributed by atoms with van der Waals surface area (Å²) < 4.78 is 0. The maximum atomic E-state index is 11.8. The molecule has 2 nitrogen and oxygen atoms in total. The standard InChI is InChI=1S/C14H8O2/c15-12-8-7-10-6-5-9-3-1-2-4-11(9)13(10)14(12)16/h1-8H. The molecule has 3 rings (SSSR count). The highest BCUT2D eigenvalue weighted by Gasteiger charge is 2.22. The van der Waals surface area contributed by atoms with Gasteiger partial charge in [0.15, 0.2) is 0 Å². The number of hydrogen-bond donors (Lipinski definition) is 0. The lowest BCUT2D eigenvalue weighted by Crippen LogP contribution is -2.16. The molecule has 0 spiro atoms. The second kappa shape index (κ2) is 3.14. The fourth-order valence-electron chi connectivity index (χ4n) is 2.05. The Kier molecular flexibility index (Phi) is 1.77. The quantitative estimate of drug-likeness (QED) is 0.623. The molecule has 0 N–H and O–H groups in total. The van der Waals surface area contributed by atoms with Gasteiger partial charge in [-0.15, -0.1) is 0 Å². The number of carbonyl (C=O) groups is 2. The third kappa shape index (κ3) is 1.13. The van der Waals surface area contributed by atoms with Gasteiger partial charge in [0.05, 0.1) is 0 Å². The van der Waals surface area contributed by atoms with Gasteiger partial charge in [0.25, 0.3) is 0 Å². The maximum Gasteiger partial charge on any atom is 0.234 e. The van der Waals surface area contributed by atoms with Crippen molar-refractivity contribution in [1.82, 2.24) is 0 Å². The van der Waals surface area contributed by atoms with Gasteiger partial charge in [-0.1, -0.05) is 42.5 Å². The minimum Gasteiger partial charge on any atom is -0.286 e. The largest absolute Gasteiger partial charge is 0.286 e. The monoisotopic (exact) mass is 208 g/mol. The van der Waals surface area contributed by atoms with Crippen molar-refractivity contribution in [3.8, 4) is 0 Å². The van der Waals surface area contributed by atoms with E-state index in [1.807, 2.05) is 36.4 Å². The van der Waals surface area contributed by atoms with Crippen LogP contribution in [0.3, 0.4) is 0 Å². The normalized spacial score (nSPS) is 14.2. The summed E-state index contributed by atoms with van der Waals surface area (Å²) in [6, 6.07) is 11.4. The Morgan fingerprint density at radius 1 is 0.812 bits per heavy atom. The average Bonchev–Trinajstić information content (AvgIpc) is 2.33. The number of fused-ring (bicyclic) bond motifs is 3. The first-order chi connectivity index (χ1) is 7.77. The average molecular weight is 208 g/mol. The van der Waals surface area contributed by atoms with Gasteiger partial charge in [-0.2, -0.15) is 0 Å². The van der Waals surface area contributed by atoms with E-state index >= 15 is 0 Å². The molecule has 0 saturated heterocycles. The highest BCUT2D eigenvalue weighted by atomic mass is 16.2. The Bertz CT molecular complexity index is 651. The van der Waals surface area contributed by atoms with Crippen molar-refractivity contribution in [2.45, 2.75) is 0 Å². The lowest BCUT2D eigenvalue weighted by molar-refractivity contribution is -0.110. The number of ketones is 2. The Morgan fingerprint density at radius 2 is 1.62 bits per heavy atom. The van der Waals surface area contributed by atoms with E-state index in [4.69, 9.17) is 0 Å². The van der Waals surface area contributed by atoms with Gasteiger partial charge in [0.2, 0.25) is 11.6 Å². The van der Waals surface area contributed by atoms with Gasteiger partial charge < -0.3 is 0 Å². The summed E-state index contributed by atoms with van der Waals surface area (Å²) >= 11 is 0. The maximum absolute atomic E-state index is 11.8. The molecule has 1 aliphatic rings. The summed E-state index contributed by atoms with van der Waals surface area (Å²) in [6.07, 6.45) is 3.03. The van der Waals surface area contributed by atoms with Crippen molar-refractivity contribution in [2.75, 3.05) is 0 Å². The third-order valence-corrected chi connectivity index (χ3v) is 2.83. The number of hydrogen-bond acceptors (Lipinski definition) is 2. The lowest BCUT2D eigenvalue weighted by Gasteiger charge is -2.11. The summed E-state index contributed by atoms with van der Waals surface area (Å²) in [5, 5.41) is 1.83. The van der Waals surface area contributed by atoms with E-state index in [2.05, 4.69) is 0 Å². The minimum atomic E-state index is -0.441. The fourth-order valence-corrected chi connectivity index (χ4v) is 2.05. The van der Waals surface area contributed by atoms with E-state index in [1.54, 1.807) is 6.08 Å². The van der Waals surface area contributed by atoms with Crippen LogP contribution in [0.5, 0.6) is 0 Å². The SMILES string of the molecule is O=C1C=Cc2ccc3ccccc3c2C1=O. The van der Waals surface area contributed by atoms with Crippen LogP contribution in [0.15, 0.2) is 42.5 Å². The number of benzene rings is 2. The molecular formula is C14H8O2. The fraction of sp³-hybridized carbons (Fsp3) is 0. The van der Waals surface area contributed by atoms with Gasteiger partial charge in [-0.25, -0.2) is 0 Å². The molecule has 0 aromatic heterocycles. The van der Waals surface area contributed by atoms with Crippen molar-refractivity contribution in [3.63, 3.8) is 0 Å². The van der Waals surface area contributed by atoms with Crippen molar-refractivity contribution in [3.05, 3.63) is 53.6 Å². The molecule has 0 heterocycles. The summed E-state index contributed by atoms with van der Waals surface area (Å²) in [5.74, 6) is -0.849. The number of rotatable bonds is 0. The second-order valence-electron chi connectivity index (χ2n) is 3.78. The predicted molar refractivity (Wildman–Crippen MR) is 62.3 cm³/mol. The van der Waals surface area contributed by atoms with Gasteiger partial charge in [-0.3, -0.25) is 9.59 Å². The molecule has 1 aliphatic carbocycles. The molecule has 16 heavy (non-hydrogen) atoms. The van der Waals surface area contributed by atoms with E-state index in [-0.39, 0.29) is 0 Å². The van der Waals surface area contributed by atoms with Gasteiger partial charge in [0.1, 0.15) is 0 Å². The predicted octanol–water partition coefficient (Wildman–Crippen LogP) is 2.62. The molecule has 0 fully saturated rings. The van der Waals surface area contributed by atoms with Crippen molar-refractivity contribution in [1.29, 1.82) is 0 Å². The third-order valence-electron chi connectivity index (χ3n) is 2.83. The minimum absolute atomic E-state index is 0.408. The highest BCUT2D eigenvalue weighted by molar-refractivity contribution is 6.51. The summed E-state index contributed by atoms with van der Waals surface area (Å²) in [7, 11) is 0. The molecule has 0 bridgehead atoms. The van der Waals surface area contributed by atoms with E-state index in [0.717, 1.165) is 16.3 Å². The van der Waals surface area contributed by atoms with Crippen LogP contribution in [0.1, 0.15) is 15.9 Å². The number of Topliss-reactive ketones (excluding diaryl/α,β-unsaturated/α-hetero) is 1. The van der Waals surface area contributed by atoms with Crippen molar-refractivity contribution in [2.24, 2.45) is 0 Å². The number of allylic oxidation sites excluding steroid dienone is 1. The van der Waals surface area contributed by atoms with E-state index in [1.165, 1.54) is 6.08 Å². The van der Waals surface area contributed by atoms with Crippen LogP contribution < -0.4 is 0 Å². The molecule has 0 aliphatic heterocycles. The first-order valence-electron chi connectivity index (χ1n) is 5.06. The van der Waals surface area contributed by atoms with Gasteiger partial charge in [-0.05, 0) is 22.4 Å². The Balaban J connectivity index is 2.46. The summed E-state index contributed by atoms with van der Waals surface area (Å²) in [5.41, 5.74) is 1.36. The lowest BCUT2D eigenvalue weighted by atomic mass is 9.90. The molecule has 0 unspecified atom stereocenters. The second-order valence-corrected chi connectivity index (χ2v) is 3.78. The van der Waals surface area contributed by atoms with Gasteiger partial charge in [0, 0.05) is 5.56 Å². The van der Waals surface area contributed by atoms with E-state index < -0.39 is 11.6 Å². The summed E-state index contributed by atoms with van der Waals surface area (Å²) in [6.45, 7) is 0. The number of carbonyl (C=O) groups excluding carboxylic acids is 2. The molecule has 0 atom stereocenters. The van der Waals surface area contributed by atoms with Crippen LogP contribution in [0.4, 0.5) is 0 Å². The van der Waals surface area contributed by atoms with E-state index in [0.29, 0.717) is 5.56 Å². The van der Waals surface area contributed by atoms with Crippen LogP contribution in [0, 0.1) is 0 Å². The van der Waals surface area contributed by atoms with Crippen LogP contribution in [0.25, 0.3) is 16.8 Å². The topological polar surface area (TPSA) is 34.1 Å². The first kappa shape index (κ1) is 9.04. The molecule has 0 radical (unpaired) electrons. The molecule has 2 aromatic carbocycles. The zero-order chi connectivity index (χ0) is 11.1. The Labute approximate surface area is 92.2 Å². The molecule has 2 heteroatoms. The van der Waals surface area contributed by atoms with Crippen LogP contribution in [-0.2, 0) is 4.79 Å². The Morgan fingerprint density at radius 3 is 2.50 bits per heavy atom. The zero-order valence-corrected chi connectivity index (χ0v) is 8.44. The van der Waals surface area contributed by atoms with Crippen LogP contribution >= 0.6 is 0 Å². The summed E-state index contributed by atoms with van der Waals surface area (Å²) in [4.78, 5) is 23.2. The first-order valence-corrected chi connectivity index (χ1v) is 5.06. The highest BCUT2D eigenvalue weighted by Crippen LogP contribution is 2.26. The van der Waals surface area contributed by atoms with Crippen molar-refractivity contribution < 1.29 is 9.59 Å². The smallest absolute Gasteiger partial charge is 0.234 e. The Hall–Kier alpha value is -2.22. The molecule has 0 amide bonds. The molecule has 0 saturated carbocycles. The molecular weight excluding hydrogens is 200 g/mol. The zero-order valence-electron chi connectivity index (χ0n) is 8.44. The molecule has 76 valence electrons. The van der Waals surface area contributed by atoms with E-state index in [9.17, 15) is 9.59 Å².